The minimum Gasteiger partial charge on any atom is -0.359 e. The summed E-state index contributed by atoms with van der Waals surface area (Å²) < 4.78 is 0. The fourth-order valence-corrected chi connectivity index (χ4v) is 1.07. The molecule has 0 aliphatic heterocycles. The maximum Gasteiger partial charge on any atom is 0.226 e. The van der Waals surface area contributed by atoms with Crippen molar-refractivity contribution in [2.45, 2.75) is 40.7 Å². The Bertz CT molecular complexity index is 188. The smallest absolute Gasteiger partial charge is 0.226 e. The van der Waals surface area contributed by atoms with Crippen LogP contribution in [0, 0.1) is 11.3 Å². The largest absolute Gasteiger partial charge is 0.359 e. The van der Waals surface area contributed by atoms with E-state index in [0.29, 0.717) is 18.5 Å². The third kappa shape index (κ3) is 4.09. The Kier molecular flexibility index (Phi) is 5.13. The SMILES string of the molecule is CNC(=O)C(C)(C)CNC(C)C(C)C. The molecule has 1 atom stereocenters. The molecule has 0 radical (unpaired) electrons. The zero-order valence-corrected chi connectivity index (χ0v) is 10.3. The Morgan fingerprint density at radius 3 is 2.14 bits per heavy atom. The summed E-state index contributed by atoms with van der Waals surface area (Å²) >= 11 is 0. The van der Waals surface area contributed by atoms with Gasteiger partial charge in [-0.2, -0.15) is 0 Å². The zero-order valence-electron chi connectivity index (χ0n) is 10.3. The molecule has 0 bridgehead atoms. The average molecular weight is 200 g/mol. The van der Waals surface area contributed by atoms with Crippen molar-refractivity contribution in [3.8, 4) is 0 Å². The lowest BCUT2D eigenvalue weighted by Gasteiger charge is -2.26. The molecule has 2 N–H and O–H groups in total. The quantitative estimate of drug-likeness (QED) is 0.704. The van der Waals surface area contributed by atoms with Crippen LogP contribution in [0.5, 0.6) is 0 Å². The summed E-state index contributed by atoms with van der Waals surface area (Å²) in [4.78, 5) is 11.5. The maximum absolute atomic E-state index is 11.5. The van der Waals surface area contributed by atoms with E-state index in [9.17, 15) is 4.79 Å². The number of rotatable bonds is 5. The third-order valence-electron chi connectivity index (χ3n) is 2.71. The number of carbonyl (C=O) groups is 1. The van der Waals surface area contributed by atoms with Gasteiger partial charge in [-0.25, -0.2) is 0 Å². The summed E-state index contributed by atoms with van der Waals surface area (Å²) in [5.74, 6) is 0.677. The van der Waals surface area contributed by atoms with Crippen LogP contribution < -0.4 is 10.6 Å². The van der Waals surface area contributed by atoms with Crippen molar-refractivity contribution in [1.29, 1.82) is 0 Å². The van der Waals surface area contributed by atoms with Gasteiger partial charge in [0.15, 0.2) is 0 Å². The van der Waals surface area contributed by atoms with Crippen molar-refractivity contribution in [1.82, 2.24) is 10.6 Å². The minimum absolute atomic E-state index is 0.0842. The summed E-state index contributed by atoms with van der Waals surface area (Å²) in [5, 5.41) is 6.06. The minimum atomic E-state index is -0.335. The van der Waals surface area contributed by atoms with Crippen LogP contribution in [0.1, 0.15) is 34.6 Å². The van der Waals surface area contributed by atoms with Crippen LogP contribution in [0.15, 0.2) is 0 Å². The molecule has 3 nitrogen and oxygen atoms in total. The molecule has 84 valence electrons. The lowest BCUT2D eigenvalue weighted by Crippen LogP contribution is -2.45. The third-order valence-corrected chi connectivity index (χ3v) is 2.71. The Labute approximate surface area is 87.6 Å². The fraction of sp³-hybridized carbons (Fsp3) is 0.909. The van der Waals surface area contributed by atoms with Gasteiger partial charge < -0.3 is 10.6 Å². The number of nitrogens with one attached hydrogen (secondary N) is 2. The Morgan fingerprint density at radius 1 is 1.29 bits per heavy atom. The Hall–Kier alpha value is -0.570. The van der Waals surface area contributed by atoms with E-state index in [1.807, 2.05) is 13.8 Å². The van der Waals surface area contributed by atoms with E-state index in [4.69, 9.17) is 0 Å². The molecule has 0 aliphatic carbocycles. The predicted molar refractivity (Wildman–Crippen MR) is 60.2 cm³/mol. The summed E-state index contributed by atoms with van der Waals surface area (Å²) in [6, 6.07) is 0.443. The first-order valence-electron chi connectivity index (χ1n) is 5.27. The lowest BCUT2D eigenvalue weighted by atomic mass is 9.91. The second-order valence-corrected chi connectivity index (χ2v) is 4.88. The topological polar surface area (TPSA) is 41.1 Å². The van der Waals surface area contributed by atoms with Crippen LogP contribution in [0.25, 0.3) is 0 Å². The van der Waals surface area contributed by atoms with Crippen molar-refractivity contribution in [2.75, 3.05) is 13.6 Å². The van der Waals surface area contributed by atoms with Crippen LogP contribution in [-0.4, -0.2) is 25.5 Å². The number of carbonyl (C=O) groups excluding carboxylic acids is 1. The van der Waals surface area contributed by atoms with Crippen LogP contribution in [-0.2, 0) is 4.79 Å². The maximum atomic E-state index is 11.5. The summed E-state index contributed by atoms with van der Waals surface area (Å²) in [7, 11) is 1.68. The molecule has 3 heteroatoms. The first kappa shape index (κ1) is 13.4. The summed E-state index contributed by atoms with van der Waals surface area (Å²) in [6.07, 6.45) is 0. The van der Waals surface area contributed by atoms with Gasteiger partial charge in [-0.05, 0) is 26.7 Å². The van der Waals surface area contributed by atoms with E-state index < -0.39 is 0 Å². The van der Waals surface area contributed by atoms with Gasteiger partial charge in [-0.1, -0.05) is 13.8 Å². The van der Waals surface area contributed by atoms with Crippen LogP contribution >= 0.6 is 0 Å². The van der Waals surface area contributed by atoms with Crippen molar-refractivity contribution in [3.05, 3.63) is 0 Å². The molecule has 0 fully saturated rings. The normalized spacial score (nSPS) is 14.2. The van der Waals surface area contributed by atoms with Gasteiger partial charge in [0.2, 0.25) is 5.91 Å². The molecule has 0 saturated heterocycles. The van der Waals surface area contributed by atoms with Gasteiger partial charge in [0.1, 0.15) is 0 Å². The van der Waals surface area contributed by atoms with Crippen LogP contribution in [0.2, 0.25) is 0 Å². The first-order chi connectivity index (χ1) is 6.31. The van der Waals surface area contributed by atoms with Crippen LogP contribution in [0.4, 0.5) is 0 Å². The second-order valence-electron chi connectivity index (χ2n) is 4.88. The zero-order chi connectivity index (χ0) is 11.4. The van der Waals surface area contributed by atoms with E-state index in [-0.39, 0.29) is 11.3 Å². The summed E-state index contributed by atoms with van der Waals surface area (Å²) in [6.45, 7) is 11.1. The second kappa shape index (κ2) is 5.35. The van der Waals surface area contributed by atoms with Gasteiger partial charge in [0, 0.05) is 19.6 Å². The number of hydrogen-bond donors (Lipinski definition) is 2. The highest BCUT2D eigenvalue weighted by Crippen LogP contribution is 2.14. The van der Waals surface area contributed by atoms with Gasteiger partial charge in [0.05, 0.1) is 5.41 Å². The van der Waals surface area contributed by atoms with E-state index in [0.717, 1.165) is 0 Å². The molecule has 0 spiro atoms. The Morgan fingerprint density at radius 2 is 1.79 bits per heavy atom. The molecule has 1 amide bonds. The molecule has 0 heterocycles. The van der Waals surface area contributed by atoms with E-state index in [2.05, 4.69) is 31.4 Å². The molecule has 0 rings (SSSR count). The first-order valence-corrected chi connectivity index (χ1v) is 5.27. The molecule has 1 unspecified atom stereocenters. The van der Waals surface area contributed by atoms with Gasteiger partial charge >= 0.3 is 0 Å². The van der Waals surface area contributed by atoms with E-state index in [1.54, 1.807) is 7.05 Å². The molecule has 0 aromatic rings. The van der Waals surface area contributed by atoms with Crippen molar-refractivity contribution in [2.24, 2.45) is 11.3 Å². The highest BCUT2D eigenvalue weighted by molar-refractivity contribution is 5.81. The standard InChI is InChI=1S/C11H24N2O/c1-8(2)9(3)13-7-11(4,5)10(14)12-6/h8-9,13H,7H2,1-6H3,(H,12,14). The van der Waals surface area contributed by atoms with Crippen LogP contribution in [0.3, 0.4) is 0 Å². The molecular weight excluding hydrogens is 176 g/mol. The van der Waals surface area contributed by atoms with Crippen molar-refractivity contribution < 1.29 is 4.79 Å². The molecular formula is C11H24N2O. The van der Waals surface area contributed by atoms with Gasteiger partial charge in [0.25, 0.3) is 0 Å². The average Bonchev–Trinajstić information content (AvgIpc) is 2.12. The molecule has 0 saturated carbocycles. The van der Waals surface area contributed by atoms with Crippen molar-refractivity contribution >= 4 is 5.91 Å². The van der Waals surface area contributed by atoms with Crippen molar-refractivity contribution in [3.63, 3.8) is 0 Å². The number of amides is 1. The highest BCUT2D eigenvalue weighted by Gasteiger charge is 2.26. The van der Waals surface area contributed by atoms with E-state index in [1.165, 1.54) is 0 Å². The summed E-state index contributed by atoms with van der Waals surface area (Å²) in [5.41, 5.74) is -0.335. The molecule has 0 aliphatic rings. The molecule has 14 heavy (non-hydrogen) atoms. The fourth-order valence-electron chi connectivity index (χ4n) is 1.07. The number of hydrogen-bond acceptors (Lipinski definition) is 2. The van der Waals surface area contributed by atoms with E-state index >= 15 is 0 Å². The lowest BCUT2D eigenvalue weighted by molar-refractivity contribution is -0.128. The molecule has 0 aromatic heterocycles. The van der Waals surface area contributed by atoms with Gasteiger partial charge in [-0.3, -0.25) is 4.79 Å². The Balaban J connectivity index is 4.05. The predicted octanol–water partition coefficient (Wildman–Crippen LogP) is 1.39. The highest BCUT2D eigenvalue weighted by atomic mass is 16.2. The monoisotopic (exact) mass is 200 g/mol. The van der Waals surface area contributed by atoms with Gasteiger partial charge in [-0.15, -0.1) is 0 Å². The molecule has 0 aromatic carbocycles.